The number of amides is 4. The molecule has 7 atom stereocenters. The zero-order valence-electron chi connectivity index (χ0n) is 63.6. The monoisotopic (exact) mass is 1470 g/mol. The smallest absolute Gasteiger partial charge is 0.414 e. The number of anilines is 3. The van der Waals surface area contributed by atoms with Crippen molar-refractivity contribution in [2.75, 3.05) is 49.1 Å². The van der Waals surface area contributed by atoms with Crippen molar-refractivity contribution in [3.63, 3.8) is 0 Å². The van der Waals surface area contributed by atoms with Crippen LogP contribution in [0.2, 0.25) is 0 Å². The van der Waals surface area contributed by atoms with E-state index in [2.05, 4.69) is 96.7 Å². The second kappa shape index (κ2) is 31.8. The number of aromatic nitrogens is 9. The number of rotatable bonds is 15. The molecule has 2 bridgehead atoms. The molecule has 24 heteroatoms. The number of aryl methyl sites for hydroxylation is 5. The SMILES string of the molecule is COC(=O)N1c2ccc3c(nc(CCn4ccccc4=O)n3CCNCc3ccncn3)c2CC[C@@H]1C.COC(=O)N1c2ccc3c(nc(CN4CCC5(CCC5)CC4=O)n3[C@@H]3CCC[C@@H](C(C)=O)C3)c2CC[C@@H]1C.COC(=O)N1c2ccc3c(nc(Cc4ccccc4)n3C3CC4CCC(C3)N4)c2CC[C@@H]1C. The second-order valence-corrected chi connectivity index (χ2v) is 31.5. The van der Waals surface area contributed by atoms with E-state index in [0.29, 0.717) is 57.1 Å². The Balaban J connectivity index is 0.000000130. The number of benzene rings is 4. The highest BCUT2D eigenvalue weighted by molar-refractivity contribution is 5.98. The molecule has 108 heavy (non-hydrogen) atoms. The summed E-state index contributed by atoms with van der Waals surface area (Å²) >= 11 is 0. The molecule has 5 aromatic heterocycles. The van der Waals surface area contributed by atoms with E-state index in [1.165, 1.54) is 70.1 Å². The van der Waals surface area contributed by atoms with E-state index in [9.17, 15) is 28.8 Å². The molecule has 5 fully saturated rings. The molecule has 568 valence electrons. The maximum Gasteiger partial charge on any atom is 0.414 e. The first kappa shape index (κ1) is 73.7. The lowest BCUT2D eigenvalue weighted by Crippen LogP contribution is -2.47. The first-order chi connectivity index (χ1) is 52.5. The third-order valence-electron chi connectivity index (χ3n) is 24.8. The maximum atomic E-state index is 13.3. The van der Waals surface area contributed by atoms with Crippen molar-refractivity contribution in [1.29, 1.82) is 0 Å². The van der Waals surface area contributed by atoms with Gasteiger partial charge in [-0.25, -0.2) is 39.3 Å². The Labute approximate surface area is 630 Å². The Morgan fingerprint density at radius 1 is 0.593 bits per heavy atom. The first-order valence-corrected chi connectivity index (χ1v) is 39.4. The van der Waals surface area contributed by atoms with Gasteiger partial charge in [-0.15, -0.1) is 0 Å². The quantitative estimate of drug-likeness (QED) is 0.0715. The lowest BCUT2D eigenvalue weighted by atomic mass is 9.63. The van der Waals surface area contributed by atoms with Crippen molar-refractivity contribution in [1.82, 2.24) is 58.7 Å². The van der Waals surface area contributed by atoms with Gasteiger partial charge in [0.15, 0.2) is 0 Å². The van der Waals surface area contributed by atoms with Crippen molar-refractivity contribution in [3.8, 4) is 0 Å². The zero-order valence-corrected chi connectivity index (χ0v) is 63.6. The van der Waals surface area contributed by atoms with Crippen LogP contribution in [0.4, 0.5) is 31.4 Å². The number of nitrogens with one attached hydrogen (secondary N) is 2. The van der Waals surface area contributed by atoms with Crippen LogP contribution in [-0.4, -0.2) is 143 Å². The topological polar surface area (TPSA) is 251 Å². The van der Waals surface area contributed by atoms with Crippen molar-refractivity contribution in [2.24, 2.45) is 11.3 Å². The van der Waals surface area contributed by atoms with Crippen LogP contribution in [0, 0.1) is 11.3 Å². The molecule has 11 heterocycles. The Morgan fingerprint density at radius 3 is 1.72 bits per heavy atom. The van der Waals surface area contributed by atoms with E-state index in [-0.39, 0.29) is 71.0 Å². The Morgan fingerprint density at radius 2 is 1.17 bits per heavy atom. The van der Waals surface area contributed by atoms with Crippen LogP contribution in [-0.2, 0) is 82.1 Å². The van der Waals surface area contributed by atoms with E-state index in [0.717, 1.165) is 182 Å². The van der Waals surface area contributed by atoms with E-state index >= 15 is 0 Å². The number of ketones is 1. The molecule has 9 aromatic rings. The van der Waals surface area contributed by atoms with Gasteiger partial charge in [-0.05, 0) is 190 Å². The van der Waals surface area contributed by atoms with Crippen LogP contribution in [0.3, 0.4) is 0 Å². The minimum atomic E-state index is -0.357. The van der Waals surface area contributed by atoms with Crippen LogP contribution in [0.15, 0.2) is 115 Å². The maximum absolute atomic E-state index is 13.3. The summed E-state index contributed by atoms with van der Waals surface area (Å²) in [7, 11) is 4.29. The third-order valence-corrected chi connectivity index (χ3v) is 24.8. The lowest BCUT2D eigenvalue weighted by Gasteiger charge is -2.47. The Bertz CT molecular complexity index is 4860. The number of likely N-dealkylation sites (tertiary alicyclic amines) is 1. The van der Waals surface area contributed by atoms with E-state index < -0.39 is 0 Å². The molecule has 3 saturated heterocycles. The average Bonchev–Trinajstić information content (AvgIpc) is 1.58. The van der Waals surface area contributed by atoms with E-state index in [1.807, 2.05) is 42.2 Å². The minimum absolute atomic E-state index is 0.0308. The second-order valence-electron chi connectivity index (χ2n) is 31.5. The molecule has 4 aromatic carbocycles. The molecule has 2 unspecified atom stereocenters. The van der Waals surface area contributed by atoms with Crippen LogP contribution in [0.5, 0.6) is 0 Å². The van der Waals surface area contributed by atoms with Crippen LogP contribution < -0.4 is 30.9 Å². The summed E-state index contributed by atoms with van der Waals surface area (Å²) in [6.07, 6.45) is 24.7. The summed E-state index contributed by atoms with van der Waals surface area (Å²) in [6, 6.07) is 32.3. The number of Topliss-reactive ketones (excluding diaryl/α,β-unsaturated/α-hetero) is 1. The molecule has 24 nitrogen and oxygen atoms in total. The molecule has 17 rings (SSSR count). The summed E-state index contributed by atoms with van der Waals surface area (Å²) in [4.78, 5) is 107. The molecule has 1 spiro atoms. The fourth-order valence-corrected chi connectivity index (χ4v) is 18.9. The average molecular weight is 1470 g/mol. The standard InChI is InChI=1S/C30H40N4O4.C27H31N7O3.C27H32N4O2/c1-19-8-9-23-24(33(19)29(37)38-3)10-11-25-28(23)31-26(34(25)22-7-4-6-21(16-22)20(2)35)18-32-15-14-30(12-5-13-30)17-27(32)36;1-19-6-7-21-22(34(19)27(36)37-2)8-9-23-26(21)31-24(11-15-32-14-4-3-5-25(32)35)33(23)16-13-28-17-20-10-12-29-18-30-20;1-17-8-11-22-23(30(17)27(32)33-2)12-13-24-26(22)29-25(14-18-6-4-3-5-7-18)31(24)21-15-19-9-10-20(16-21)28-19/h10-11,19,21-22H,4-9,12-18H2,1-3H3;3-5,8-10,12,14,18-19,28H,6-7,11,13,15-17H2,1-2H3;3-7,12-13,17,19-21,28H,8-11,14-16H2,1-2H3/t19-,21+,22+;19-;17-,19?,20?,21?/m000/s1. The van der Waals surface area contributed by atoms with Gasteiger partial charge in [-0.2, -0.15) is 0 Å². The normalized spacial score (nSPS) is 22.7. The molecule has 2 N–H and O–H groups in total. The van der Waals surface area contributed by atoms with Crippen LogP contribution in [0.1, 0.15) is 188 Å². The minimum Gasteiger partial charge on any atom is -0.452 e. The number of carbonyl (C=O) groups is 5. The first-order valence-electron chi connectivity index (χ1n) is 39.4. The summed E-state index contributed by atoms with van der Waals surface area (Å²) in [6.45, 7) is 11.8. The van der Waals surface area contributed by atoms with Gasteiger partial charge in [-0.1, -0.05) is 49.2 Å². The molecular weight excluding hydrogens is 1360 g/mol. The largest absolute Gasteiger partial charge is 0.452 e. The van der Waals surface area contributed by atoms with Gasteiger partial charge in [0.2, 0.25) is 5.91 Å². The van der Waals surface area contributed by atoms with Crippen molar-refractivity contribution in [2.45, 2.75) is 231 Å². The molecule has 2 aliphatic carbocycles. The van der Waals surface area contributed by atoms with E-state index in [1.54, 1.807) is 57.0 Å². The number of piperidine rings is 2. The molecule has 2 saturated carbocycles. The molecule has 6 aliphatic heterocycles. The molecule has 8 aliphatic rings. The fourth-order valence-electron chi connectivity index (χ4n) is 18.9. The van der Waals surface area contributed by atoms with Gasteiger partial charge in [0, 0.05) is 135 Å². The predicted octanol–water partition coefficient (Wildman–Crippen LogP) is 13.5. The molecule has 0 radical (unpaired) electrons. The van der Waals surface area contributed by atoms with Crippen molar-refractivity contribution in [3.05, 3.63) is 165 Å². The van der Waals surface area contributed by atoms with Gasteiger partial charge < -0.3 is 48.0 Å². The highest BCUT2D eigenvalue weighted by Gasteiger charge is 2.45. The third kappa shape index (κ3) is 14.7. The summed E-state index contributed by atoms with van der Waals surface area (Å²) < 4.78 is 24.1. The number of imidazole rings is 3. The van der Waals surface area contributed by atoms with Crippen molar-refractivity contribution < 1.29 is 38.2 Å². The van der Waals surface area contributed by atoms with Crippen molar-refractivity contribution >= 4 is 80.1 Å². The van der Waals surface area contributed by atoms with Gasteiger partial charge in [0.25, 0.3) is 5.56 Å². The van der Waals surface area contributed by atoms with Gasteiger partial charge in [0.1, 0.15) is 29.6 Å². The Kier molecular flexibility index (Phi) is 21.7. The summed E-state index contributed by atoms with van der Waals surface area (Å²) in [5.41, 5.74) is 14.6. The zero-order chi connectivity index (χ0) is 74.9. The predicted molar refractivity (Wildman–Crippen MR) is 415 cm³/mol. The highest BCUT2D eigenvalue weighted by atomic mass is 16.6. The number of pyridine rings is 1. The number of ether oxygens (including phenoxy) is 3. The number of hydrogen-bond acceptors (Lipinski definition) is 16. The number of fused-ring (bicyclic) bond motifs is 11. The number of carbonyl (C=O) groups excluding carboxylic acids is 5. The number of hydrogen-bond donors (Lipinski definition) is 2. The fraction of sp³-hybridized carbons (Fsp3) is 0.512. The number of nitrogens with zero attached hydrogens (tertiary/aromatic N) is 13. The molecular formula is C84H103N15O9. The summed E-state index contributed by atoms with van der Waals surface area (Å²) in [5.74, 6) is 3.53. The summed E-state index contributed by atoms with van der Waals surface area (Å²) in [5, 5.41) is 7.24. The van der Waals surface area contributed by atoms with E-state index in [4.69, 9.17) is 29.2 Å². The van der Waals surface area contributed by atoms with Gasteiger partial charge in [0.05, 0.1) is 83.7 Å². The highest BCUT2D eigenvalue weighted by Crippen LogP contribution is 2.50. The van der Waals surface area contributed by atoms with Gasteiger partial charge in [-0.3, -0.25) is 29.1 Å². The number of methoxy groups -OCH3 is 3. The van der Waals surface area contributed by atoms with Gasteiger partial charge >= 0.3 is 18.3 Å². The Hall–Kier alpha value is -9.81. The van der Waals surface area contributed by atoms with Crippen LogP contribution >= 0.6 is 0 Å². The molecule has 4 amide bonds. The van der Waals surface area contributed by atoms with Crippen LogP contribution in [0.25, 0.3) is 33.1 Å². The lowest BCUT2D eigenvalue weighted by molar-refractivity contribution is -0.142.